The second-order valence-corrected chi connectivity index (χ2v) is 14.8. The highest BCUT2D eigenvalue weighted by Crippen LogP contribution is 2.54. The molecular weight excluding hydrogens is 708 g/mol. The number of nitrogens with two attached hydrogens (primary N) is 1. The van der Waals surface area contributed by atoms with Crippen LogP contribution in [-0.2, 0) is 31.0 Å². The first-order valence-electron chi connectivity index (χ1n) is 13.2. The summed E-state index contributed by atoms with van der Waals surface area (Å²) in [5.74, 6) is -3.06. The number of primary sulfonamides is 1. The normalized spacial score (nSPS) is 19.3. The maximum absolute atomic E-state index is 14.0. The van der Waals surface area contributed by atoms with Gasteiger partial charge in [-0.15, -0.1) is 0 Å². The van der Waals surface area contributed by atoms with E-state index in [1.807, 2.05) is 0 Å². The number of sulfonamides is 1. The van der Waals surface area contributed by atoms with Crippen LogP contribution in [-0.4, -0.2) is 48.2 Å². The summed E-state index contributed by atoms with van der Waals surface area (Å²) >= 11 is 5.31. The average molecular weight is 732 g/mol. The molecule has 232 valence electrons. The standard InChI is InChI=1S/C29H23BrN4O8S3/c1-42-20-12-14(2-11-19(20)35)22-23-24(27(38)34(26(23)37)17-7-3-15(30)4-8-17)43-28-25(22)44-29(39)33(28)13-21(36)32-16-5-9-18(10-6-16)45(31,40)41/h2-12,22-24,35H,13H2,1H3,(H,32,36)(H2,31,40,41)/t22-,23?,24?/m0/s1. The lowest BCUT2D eigenvalue weighted by Crippen LogP contribution is -2.33. The monoisotopic (exact) mass is 730 g/mol. The molecule has 2 aliphatic heterocycles. The van der Waals surface area contributed by atoms with Crippen LogP contribution in [0.25, 0.3) is 0 Å². The lowest BCUT2D eigenvalue weighted by molar-refractivity contribution is -0.122. The summed E-state index contributed by atoms with van der Waals surface area (Å²) in [5, 5.41) is 17.5. The number of carbonyl (C=O) groups is 3. The van der Waals surface area contributed by atoms with Gasteiger partial charge in [-0.2, -0.15) is 0 Å². The molecule has 3 atom stereocenters. The topological polar surface area (TPSA) is 178 Å². The molecule has 0 radical (unpaired) electrons. The molecule has 3 aromatic carbocycles. The lowest BCUT2D eigenvalue weighted by atomic mass is 9.83. The molecule has 16 heteroatoms. The Morgan fingerprint density at radius 3 is 2.38 bits per heavy atom. The van der Waals surface area contributed by atoms with Gasteiger partial charge in [-0.1, -0.05) is 45.1 Å². The summed E-state index contributed by atoms with van der Waals surface area (Å²) in [6.07, 6.45) is 0. The number of amides is 3. The van der Waals surface area contributed by atoms with Crippen LogP contribution < -0.4 is 25.0 Å². The lowest BCUT2D eigenvalue weighted by Gasteiger charge is -2.31. The zero-order valence-electron chi connectivity index (χ0n) is 23.2. The van der Waals surface area contributed by atoms with Crippen molar-refractivity contribution in [3.63, 3.8) is 0 Å². The Labute approximate surface area is 273 Å². The van der Waals surface area contributed by atoms with Crippen LogP contribution in [0.3, 0.4) is 0 Å². The Hall–Kier alpha value is -3.96. The van der Waals surface area contributed by atoms with Crippen molar-refractivity contribution in [3.05, 3.63) is 91.3 Å². The molecule has 3 amide bonds. The minimum absolute atomic E-state index is 0.118. The highest BCUT2D eigenvalue weighted by molar-refractivity contribution is 9.10. The van der Waals surface area contributed by atoms with Gasteiger partial charge in [0.15, 0.2) is 11.5 Å². The fourth-order valence-electron chi connectivity index (χ4n) is 5.42. The van der Waals surface area contributed by atoms with Crippen LogP contribution in [0.4, 0.5) is 11.4 Å². The van der Waals surface area contributed by atoms with Crippen molar-refractivity contribution >= 4 is 78.1 Å². The molecule has 1 saturated heterocycles. The maximum Gasteiger partial charge on any atom is 0.308 e. The smallest absolute Gasteiger partial charge is 0.308 e. The minimum Gasteiger partial charge on any atom is -0.504 e. The fraction of sp³-hybridized carbons (Fsp3) is 0.172. The Kier molecular flexibility index (Phi) is 8.11. The number of phenols is 1. The van der Waals surface area contributed by atoms with Gasteiger partial charge in [0.05, 0.1) is 28.6 Å². The molecule has 0 bridgehead atoms. The Morgan fingerprint density at radius 2 is 1.73 bits per heavy atom. The molecule has 1 fully saturated rings. The molecule has 12 nitrogen and oxygen atoms in total. The first kappa shape index (κ1) is 31.0. The predicted octanol–water partition coefficient (Wildman–Crippen LogP) is 3.47. The second kappa shape index (κ2) is 11.8. The molecule has 6 rings (SSSR count). The number of phenolic OH excluding ortho intramolecular Hbond substituents is 1. The Morgan fingerprint density at radius 1 is 1.04 bits per heavy atom. The number of hydrogen-bond acceptors (Lipinski definition) is 10. The summed E-state index contributed by atoms with van der Waals surface area (Å²) in [4.78, 5) is 55.4. The van der Waals surface area contributed by atoms with E-state index in [0.29, 0.717) is 21.2 Å². The maximum atomic E-state index is 14.0. The number of ether oxygens (including phenoxy) is 1. The molecule has 3 heterocycles. The van der Waals surface area contributed by atoms with E-state index in [0.717, 1.165) is 32.5 Å². The van der Waals surface area contributed by atoms with E-state index in [4.69, 9.17) is 9.88 Å². The van der Waals surface area contributed by atoms with Crippen molar-refractivity contribution in [2.45, 2.75) is 27.6 Å². The van der Waals surface area contributed by atoms with Crippen LogP contribution in [0.1, 0.15) is 16.4 Å². The molecule has 2 unspecified atom stereocenters. The molecule has 0 aliphatic carbocycles. The molecule has 0 spiro atoms. The summed E-state index contributed by atoms with van der Waals surface area (Å²) < 4.78 is 30.5. The van der Waals surface area contributed by atoms with Gasteiger partial charge in [0, 0.05) is 21.0 Å². The van der Waals surface area contributed by atoms with Gasteiger partial charge < -0.3 is 15.2 Å². The van der Waals surface area contributed by atoms with Gasteiger partial charge in [0.2, 0.25) is 27.7 Å². The van der Waals surface area contributed by atoms with Gasteiger partial charge in [0.1, 0.15) is 11.8 Å². The van der Waals surface area contributed by atoms with Gasteiger partial charge in [0.25, 0.3) is 0 Å². The molecule has 4 N–H and O–H groups in total. The van der Waals surface area contributed by atoms with E-state index >= 15 is 0 Å². The minimum atomic E-state index is -3.92. The SMILES string of the molecule is COc1cc([C@@H]2c3sc(=O)n(CC(=O)Nc4ccc(S(N)(=O)=O)cc4)c3SC3C(=O)N(c4ccc(Br)cc4)C(=O)C32)ccc1O. The largest absolute Gasteiger partial charge is 0.504 e. The number of imide groups is 1. The van der Waals surface area contributed by atoms with Crippen LogP contribution in [0.5, 0.6) is 11.5 Å². The third kappa shape index (κ3) is 5.68. The van der Waals surface area contributed by atoms with Crippen LogP contribution in [0.15, 0.2) is 85.9 Å². The molecule has 45 heavy (non-hydrogen) atoms. The van der Waals surface area contributed by atoms with Crippen LogP contribution >= 0.6 is 39.0 Å². The zero-order valence-corrected chi connectivity index (χ0v) is 27.2. The third-order valence-electron chi connectivity index (χ3n) is 7.47. The number of anilines is 2. The number of methoxy groups -OCH3 is 1. The summed E-state index contributed by atoms with van der Waals surface area (Å²) in [5.41, 5.74) is 1.24. The Bertz CT molecular complexity index is 2030. The number of thiazole rings is 1. The van der Waals surface area contributed by atoms with E-state index in [-0.39, 0.29) is 22.1 Å². The van der Waals surface area contributed by atoms with Crippen molar-refractivity contribution in [1.29, 1.82) is 0 Å². The predicted molar refractivity (Wildman–Crippen MR) is 171 cm³/mol. The number of nitrogens with zero attached hydrogens (tertiary/aromatic N) is 2. The molecule has 1 aromatic heterocycles. The first-order valence-corrected chi connectivity index (χ1v) is 17.2. The quantitative estimate of drug-likeness (QED) is 0.240. The summed E-state index contributed by atoms with van der Waals surface area (Å²) in [7, 11) is -2.53. The van der Waals surface area contributed by atoms with Crippen LogP contribution in [0.2, 0.25) is 0 Å². The number of carbonyl (C=O) groups excluding carboxylic acids is 3. The van der Waals surface area contributed by atoms with E-state index < -0.39 is 56.2 Å². The van der Waals surface area contributed by atoms with Crippen LogP contribution in [0, 0.1) is 5.92 Å². The van der Waals surface area contributed by atoms with Gasteiger partial charge in [-0.05, 0) is 66.2 Å². The van der Waals surface area contributed by atoms with Crippen molar-refractivity contribution in [2.75, 3.05) is 17.3 Å². The molecular formula is C29H23BrN4O8S3. The van der Waals surface area contributed by atoms with E-state index in [1.54, 1.807) is 36.4 Å². The highest BCUT2D eigenvalue weighted by Gasteiger charge is 2.57. The average Bonchev–Trinajstić information content (AvgIpc) is 3.44. The van der Waals surface area contributed by atoms with Gasteiger partial charge in [-0.25, -0.2) is 18.5 Å². The van der Waals surface area contributed by atoms with Crippen molar-refractivity contribution in [1.82, 2.24) is 4.57 Å². The number of benzene rings is 3. The number of aromatic nitrogens is 1. The number of halogens is 1. The summed E-state index contributed by atoms with van der Waals surface area (Å²) in [6, 6.07) is 16.6. The van der Waals surface area contributed by atoms with Gasteiger partial charge in [-0.3, -0.25) is 23.7 Å². The number of nitrogens with one attached hydrogen (secondary N) is 1. The van der Waals surface area contributed by atoms with E-state index in [2.05, 4.69) is 21.2 Å². The molecule has 4 aromatic rings. The number of thioether (sulfide) groups is 1. The van der Waals surface area contributed by atoms with Gasteiger partial charge >= 0.3 is 4.87 Å². The first-order chi connectivity index (χ1) is 21.4. The number of hydrogen-bond donors (Lipinski definition) is 3. The van der Waals surface area contributed by atoms with Crippen molar-refractivity contribution in [3.8, 4) is 11.5 Å². The zero-order chi connectivity index (χ0) is 32.2. The molecule has 2 aliphatic rings. The number of aromatic hydroxyl groups is 1. The molecule has 0 saturated carbocycles. The van der Waals surface area contributed by atoms with Crippen molar-refractivity contribution in [2.24, 2.45) is 11.1 Å². The van der Waals surface area contributed by atoms with Crippen molar-refractivity contribution < 1.29 is 32.6 Å². The Balaban J connectivity index is 1.39. The van der Waals surface area contributed by atoms with E-state index in [1.165, 1.54) is 42.0 Å². The fourth-order valence-corrected chi connectivity index (χ4v) is 8.97. The highest BCUT2D eigenvalue weighted by atomic mass is 79.9. The third-order valence-corrected chi connectivity index (χ3v) is 11.5. The number of fused-ring (bicyclic) bond motifs is 2. The summed E-state index contributed by atoms with van der Waals surface area (Å²) in [6.45, 7) is -0.407. The number of rotatable bonds is 7. The second-order valence-electron chi connectivity index (χ2n) is 10.2. The van der Waals surface area contributed by atoms with E-state index in [9.17, 15) is 32.7 Å².